The fraction of sp³-hybridized carbons (Fsp3) is 1.00. The molecule has 1 aliphatic heterocycles. The third-order valence-corrected chi connectivity index (χ3v) is 3.40. The summed E-state index contributed by atoms with van der Waals surface area (Å²) in [5.74, 6) is 0. The summed E-state index contributed by atoms with van der Waals surface area (Å²) in [7, 11) is 0. The first-order valence-electron chi connectivity index (χ1n) is 6.47. The summed E-state index contributed by atoms with van der Waals surface area (Å²) >= 11 is 0. The van der Waals surface area contributed by atoms with Gasteiger partial charge in [0, 0.05) is 6.04 Å². The molecule has 1 unspecified atom stereocenters. The monoisotopic (exact) mass is 212 g/mol. The number of hydrogen-bond donors (Lipinski definition) is 1. The predicted molar refractivity (Wildman–Crippen MR) is 67.0 cm³/mol. The number of nitrogens with two attached hydrogens (primary N) is 1. The lowest BCUT2D eigenvalue weighted by Crippen LogP contribution is -2.42. The lowest BCUT2D eigenvalue weighted by atomic mass is 9.90. The van der Waals surface area contributed by atoms with Crippen molar-refractivity contribution in [2.24, 2.45) is 11.1 Å². The maximum atomic E-state index is 5.68. The standard InChI is InChI=1S/C13H28N2/c1-13(2,3)8-11-15-10-5-4-6-12(15)7-9-14/h12H,4-11,14H2,1-3H3. The van der Waals surface area contributed by atoms with Gasteiger partial charge in [-0.05, 0) is 50.7 Å². The minimum Gasteiger partial charge on any atom is -0.330 e. The third-order valence-electron chi connectivity index (χ3n) is 3.40. The second-order valence-corrected chi connectivity index (χ2v) is 6.07. The molecule has 1 heterocycles. The number of likely N-dealkylation sites (tertiary alicyclic amines) is 1. The van der Waals surface area contributed by atoms with E-state index >= 15 is 0 Å². The molecule has 2 nitrogen and oxygen atoms in total. The van der Waals surface area contributed by atoms with Crippen molar-refractivity contribution in [1.29, 1.82) is 0 Å². The van der Waals surface area contributed by atoms with E-state index in [0.29, 0.717) is 5.41 Å². The molecule has 1 atom stereocenters. The Morgan fingerprint density at radius 2 is 2.00 bits per heavy atom. The molecule has 0 saturated carbocycles. The average Bonchev–Trinajstić information content (AvgIpc) is 2.16. The minimum atomic E-state index is 0.463. The SMILES string of the molecule is CC(C)(C)CCN1CCCCC1CCN. The highest BCUT2D eigenvalue weighted by Crippen LogP contribution is 2.24. The highest BCUT2D eigenvalue weighted by Gasteiger charge is 2.22. The Morgan fingerprint density at radius 1 is 1.27 bits per heavy atom. The molecule has 0 bridgehead atoms. The molecule has 0 aromatic carbocycles. The normalized spacial score (nSPS) is 24.4. The molecule has 0 aliphatic carbocycles. The molecule has 0 aromatic heterocycles. The van der Waals surface area contributed by atoms with Crippen molar-refractivity contribution in [1.82, 2.24) is 4.90 Å². The second-order valence-electron chi connectivity index (χ2n) is 6.07. The van der Waals surface area contributed by atoms with Gasteiger partial charge in [0.25, 0.3) is 0 Å². The van der Waals surface area contributed by atoms with Crippen LogP contribution in [-0.2, 0) is 0 Å². The van der Waals surface area contributed by atoms with Gasteiger partial charge in [-0.2, -0.15) is 0 Å². The van der Waals surface area contributed by atoms with Crippen LogP contribution >= 0.6 is 0 Å². The maximum Gasteiger partial charge on any atom is 0.0107 e. The zero-order valence-electron chi connectivity index (χ0n) is 10.8. The van der Waals surface area contributed by atoms with E-state index in [1.807, 2.05) is 0 Å². The van der Waals surface area contributed by atoms with Crippen molar-refractivity contribution in [2.75, 3.05) is 19.6 Å². The summed E-state index contributed by atoms with van der Waals surface area (Å²) < 4.78 is 0. The Labute approximate surface area is 95.2 Å². The molecule has 90 valence electrons. The van der Waals surface area contributed by atoms with E-state index in [-0.39, 0.29) is 0 Å². The van der Waals surface area contributed by atoms with Crippen LogP contribution in [0.4, 0.5) is 0 Å². The van der Waals surface area contributed by atoms with E-state index in [9.17, 15) is 0 Å². The topological polar surface area (TPSA) is 29.3 Å². The smallest absolute Gasteiger partial charge is 0.0107 e. The summed E-state index contributed by atoms with van der Waals surface area (Å²) in [6.45, 7) is 10.4. The van der Waals surface area contributed by atoms with E-state index in [1.54, 1.807) is 0 Å². The van der Waals surface area contributed by atoms with E-state index in [1.165, 1.54) is 45.2 Å². The first-order valence-corrected chi connectivity index (χ1v) is 6.47. The number of nitrogens with zero attached hydrogens (tertiary/aromatic N) is 1. The van der Waals surface area contributed by atoms with Crippen LogP contribution in [0.25, 0.3) is 0 Å². The number of hydrogen-bond acceptors (Lipinski definition) is 2. The van der Waals surface area contributed by atoms with Gasteiger partial charge in [-0.3, -0.25) is 0 Å². The Morgan fingerprint density at radius 3 is 2.60 bits per heavy atom. The van der Waals surface area contributed by atoms with Crippen molar-refractivity contribution in [3.8, 4) is 0 Å². The summed E-state index contributed by atoms with van der Waals surface area (Å²) in [5, 5.41) is 0. The fourth-order valence-corrected chi connectivity index (χ4v) is 2.35. The van der Waals surface area contributed by atoms with Crippen LogP contribution < -0.4 is 5.73 Å². The second kappa shape index (κ2) is 5.86. The van der Waals surface area contributed by atoms with Crippen molar-refractivity contribution in [3.05, 3.63) is 0 Å². The molecule has 15 heavy (non-hydrogen) atoms. The van der Waals surface area contributed by atoms with Crippen molar-refractivity contribution < 1.29 is 0 Å². The summed E-state index contributed by atoms with van der Waals surface area (Å²) in [4.78, 5) is 2.67. The number of piperidine rings is 1. The van der Waals surface area contributed by atoms with Gasteiger partial charge in [0.15, 0.2) is 0 Å². The lowest BCUT2D eigenvalue weighted by molar-refractivity contribution is 0.124. The highest BCUT2D eigenvalue weighted by atomic mass is 15.2. The number of rotatable bonds is 4. The zero-order valence-corrected chi connectivity index (χ0v) is 10.8. The quantitative estimate of drug-likeness (QED) is 0.776. The van der Waals surface area contributed by atoms with Crippen molar-refractivity contribution in [3.63, 3.8) is 0 Å². The molecule has 1 rings (SSSR count). The van der Waals surface area contributed by atoms with E-state index in [2.05, 4.69) is 25.7 Å². The minimum absolute atomic E-state index is 0.463. The van der Waals surface area contributed by atoms with E-state index < -0.39 is 0 Å². The highest BCUT2D eigenvalue weighted by molar-refractivity contribution is 4.78. The Bertz CT molecular complexity index is 170. The molecular formula is C13H28N2. The molecular weight excluding hydrogens is 184 g/mol. The lowest BCUT2D eigenvalue weighted by Gasteiger charge is -2.37. The molecule has 0 aromatic rings. The molecule has 1 fully saturated rings. The van der Waals surface area contributed by atoms with Crippen LogP contribution in [0.3, 0.4) is 0 Å². The molecule has 0 amide bonds. The van der Waals surface area contributed by atoms with Gasteiger partial charge in [0.05, 0.1) is 0 Å². The van der Waals surface area contributed by atoms with Gasteiger partial charge < -0.3 is 10.6 Å². The van der Waals surface area contributed by atoms with E-state index in [0.717, 1.165) is 12.6 Å². The van der Waals surface area contributed by atoms with Crippen LogP contribution in [0.15, 0.2) is 0 Å². The summed E-state index contributed by atoms with van der Waals surface area (Å²) in [5.41, 5.74) is 6.14. The fourth-order valence-electron chi connectivity index (χ4n) is 2.35. The van der Waals surface area contributed by atoms with Gasteiger partial charge in [-0.25, -0.2) is 0 Å². The molecule has 2 heteroatoms. The van der Waals surface area contributed by atoms with Crippen LogP contribution in [0, 0.1) is 5.41 Å². The Balaban J connectivity index is 2.35. The van der Waals surface area contributed by atoms with Gasteiger partial charge >= 0.3 is 0 Å². The van der Waals surface area contributed by atoms with Crippen LogP contribution in [0.1, 0.15) is 52.9 Å². The van der Waals surface area contributed by atoms with Gasteiger partial charge in [-0.15, -0.1) is 0 Å². The summed E-state index contributed by atoms with van der Waals surface area (Å²) in [6, 6.07) is 0.770. The Hall–Kier alpha value is -0.0800. The molecule has 1 saturated heterocycles. The molecule has 0 spiro atoms. The van der Waals surface area contributed by atoms with Gasteiger partial charge in [-0.1, -0.05) is 27.2 Å². The first-order chi connectivity index (χ1) is 7.03. The van der Waals surface area contributed by atoms with Crippen LogP contribution in [0.5, 0.6) is 0 Å². The predicted octanol–water partition coefficient (Wildman–Crippen LogP) is 2.63. The van der Waals surface area contributed by atoms with Gasteiger partial charge in [0.2, 0.25) is 0 Å². The maximum absolute atomic E-state index is 5.68. The molecule has 0 radical (unpaired) electrons. The van der Waals surface area contributed by atoms with Gasteiger partial charge in [0.1, 0.15) is 0 Å². The van der Waals surface area contributed by atoms with Crippen molar-refractivity contribution in [2.45, 2.75) is 58.9 Å². The average molecular weight is 212 g/mol. The largest absolute Gasteiger partial charge is 0.330 e. The summed E-state index contributed by atoms with van der Waals surface area (Å²) in [6.07, 6.45) is 6.63. The zero-order chi connectivity index (χ0) is 11.3. The Kier molecular flexibility index (Phi) is 5.07. The van der Waals surface area contributed by atoms with E-state index in [4.69, 9.17) is 5.73 Å². The van der Waals surface area contributed by atoms with Crippen LogP contribution in [-0.4, -0.2) is 30.6 Å². The molecule has 2 N–H and O–H groups in total. The first kappa shape index (κ1) is 13.0. The van der Waals surface area contributed by atoms with Crippen LogP contribution in [0.2, 0.25) is 0 Å². The molecule has 1 aliphatic rings. The van der Waals surface area contributed by atoms with Crippen molar-refractivity contribution >= 4 is 0 Å². The third kappa shape index (κ3) is 4.98.